The van der Waals surface area contributed by atoms with Crippen molar-refractivity contribution in [1.29, 1.82) is 0 Å². The molecular weight excluding hydrogens is 475 g/mol. The van der Waals surface area contributed by atoms with E-state index in [1.165, 1.54) is 23.9 Å². The van der Waals surface area contributed by atoms with Crippen LogP contribution in [0.5, 0.6) is 0 Å². The lowest BCUT2D eigenvalue weighted by atomic mass is 10.3. The number of para-hydroxylation sites is 1. The maximum Gasteiger partial charge on any atom is 0.261 e. The minimum Gasteiger partial charge on any atom is -0.325 e. The van der Waals surface area contributed by atoms with Gasteiger partial charge in [0.2, 0.25) is 5.91 Å². The van der Waals surface area contributed by atoms with E-state index in [1.54, 1.807) is 48.5 Å². The number of benzene rings is 3. The van der Waals surface area contributed by atoms with Crippen LogP contribution < -0.4 is 10.0 Å². The summed E-state index contributed by atoms with van der Waals surface area (Å²) in [6.07, 6.45) is 0.632. The molecule has 0 aliphatic rings. The number of carbonyl (C=O) groups is 1. The Labute approximate surface area is 196 Å². The molecule has 162 valence electrons. The predicted molar refractivity (Wildman–Crippen MR) is 129 cm³/mol. The molecule has 0 saturated heterocycles. The van der Waals surface area contributed by atoms with Crippen LogP contribution in [0, 0.1) is 0 Å². The van der Waals surface area contributed by atoms with Gasteiger partial charge < -0.3 is 5.32 Å². The molecule has 0 aromatic heterocycles. The number of rotatable bonds is 8. The number of amides is 1. The molecule has 0 aliphatic heterocycles. The predicted octanol–water partition coefficient (Wildman–Crippen LogP) is 6.30. The number of carbonyl (C=O) groups excluding carboxylic acids is 1. The van der Waals surface area contributed by atoms with Crippen LogP contribution in [0.4, 0.5) is 11.4 Å². The van der Waals surface area contributed by atoms with Crippen LogP contribution in [-0.4, -0.2) is 19.6 Å². The van der Waals surface area contributed by atoms with E-state index < -0.39 is 10.0 Å². The quantitative estimate of drug-likeness (QED) is 0.360. The monoisotopic (exact) mass is 494 g/mol. The largest absolute Gasteiger partial charge is 0.325 e. The number of sulfonamides is 1. The van der Waals surface area contributed by atoms with E-state index in [0.717, 1.165) is 4.90 Å². The van der Waals surface area contributed by atoms with E-state index in [-0.39, 0.29) is 16.1 Å². The highest BCUT2D eigenvalue weighted by Crippen LogP contribution is 2.28. The SMILES string of the molecule is CC[C@H](Sc1ccc(Cl)cc1)C(=O)Nc1ccc(S(=O)(=O)Nc2ccccc2Cl)cc1. The van der Waals surface area contributed by atoms with Crippen LogP contribution in [0.25, 0.3) is 0 Å². The molecule has 0 saturated carbocycles. The van der Waals surface area contributed by atoms with Gasteiger partial charge in [0.15, 0.2) is 0 Å². The fourth-order valence-electron chi connectivity index (χ4n) is 2.69. The molecule has 1 amide bonds. The third-order valence-electron chi connectivity index (χ3n) is 4.31. The van der Waals surface area contributed by atoms with E-state index in [2.05, 4.69) is 10.0 Å². The van der Waals surface area contributed by atoms with Crippen LogP contribution in [0.3, 0.4) is 0 Å². The number of anilines is 2. The van der Waals surface area contributed by atoms with Crippen molar-refractivity contribution in [2.75, 3.05) is 10.0 Å². The first-order valence-corrected chi connectivity index (χ1v) is 12.5. The standard InChI is InChI=1S/C22H20Cl2N2O3S2/c1-2-21(30-17-11-7-15(23)8-12-17)22(27)25-16-9-13-18(14-10-16)31(28,29)26-20-6-4-3-5-19(20)24/h3-14,21,26H,2H2,1H3,(H,25,27)/t21-/m0/s1. The molecule has 0 bridgehead atoms. The minimum absolute atomic E-state index is 0.0630. The molecule has 0 fully saturated rings. The molecule has 3 aromatic rings. The number of hydrogen-bond donors (Lipinski definition) is 2. The van der Waals surface area contributed by atoms with Gasteiger partial charge in [0, 0.05) is 15.6 Å². The molecule has 2 N–H and O–H groups in total. The van der Waals surface area contributed by atoms with Gasteiger partial charge >= 0.3 is 0 Å². The van der Waals surface area contributed by atoms with Gasteiger partial charge in [-0.1, -0.05) is 42.3 Å². The van der Waals surface area contributed by atoms with Crippen LogP contribution in [0.1, 0.15) is 13.3 Å². The van der Waals surface area contributed by atoms with Crippen molar-refractivity contribution in [3.8, 4) is 0 Å². The minimum atomic E-state index is -3.81. The number of thioether (sulfide) groups is 1. The van der Waals surface area contributed by atoms with E-state index in [1.807, 2.05) is 19.1 Å². The Morgan fingerprint density at radius 3 is 2.23 bits per heavy atom. The highest BCUT2D eigenvalue weighted by molar-refractivity contribution is 8.00. The third-order valence-corrected chi connectivity index (χ3v) is 7.64. The molecule has 3 rings (SSSR count). The van der Waals surface area contributed by atoms with Gasteiger partial charge in [0.25, 0.3) is 10.0 Å². The fourth-order valence-corrected chi connectivity index (χ4v) is 5.09. The van der Waals surface area contributed by atoms with Crippen LogP contribution in [0.2, 0.25) is 10.0 Å². The Morgan fingerprint density at radius 2 is 1.61 bits per heavy atom. The topological polar surface area (TPSA) is 75.3 Å². The van der Waals surface area contributed by atoms with Crippen molar-refractivity contribution in [2.45, 2.75) is 28.4 Å². The highest BCUT2D eigenvalue weighted by atomic mass is 35.5. The molecule has 0 heterocycles. The average Bonchev–Trinajstić information content (AvgIpc) is 2.75. The van der Waals surface area contributed by atoms with Crippen molar-refractivity contribution in [3.05, 3.63) is 82.8 Å². The van der Waals surface area contributed by atoms with Gasteiger partial charge in [0.05, 0.1) is 20.9 Å². The van der Waals surface area contributed by atoms with Gasteiger partial charge in [-0.25, -0.2) is 8.42 Å². The summed E-state index contributed by atoms with van der Waals surface area (Å²) in [5.74, 6) is -0.160. The molecule has 5 nitrogen and oxygen atoms in total. The van der Waals surface area contributed by atoms with Gasteiger partial charge in [0.1, 0.15) is 0 Å². The first-order valence-electron chi connectivity index (χ1n) is 9.39. The maximum absolute atomic E-state index is 12.7. The molecule has 3 aromatic carbocycles. The number of nitrogens with one attached hydrogen (secondary N) is 2. The Balaban J connectivity index is 1.67. The molecule has 0 aliphatic carbocycles. The van der Waals surface area contributed by atoms with Crippen LogP contribution in [0.15, 0.2) is 82.6 Å². The molecule has 0 unspecified atom stereocenters. The molecular formula is C22H20Cl2N2O3S2. The summed E-state index contributed by atoms with van der Waals surface area (Å²) in [4.78, 5) is 13.7. The van der Waals surface area contributed by atoms with E-state index in [0.29, 0.717) is 27.8 Å². The van der Waals surface area contributed by atoms with Crippen molar-refractivity contribution in [3.63, 3.8) is 0 Å². The van der Waals surface area contributed by atoms with E-state index >= 15 is 0 Å². The second kappa shape index (κ2) is 10.4. The van der Waals surface area contributed by atoms with Gasteiger partial charge in [-0.05, 0) is 67.1 Å². The van der Waals surface area contributed by atoms with Crippen LogP contribution >= 0.6 is 35.0 Å². The van der Waals surface area contributed by atoms with Crippen molar-refractivity contribution in [1.82, 2.24) is 0 Å². The van der Waals surface area contributed by atoms with Crippen molar-refractivity contribution >= 4 is 62.3 Å². The molecule has 9 heteroatoms. The lowest BCUT2D eigenvalue weighted by Gasteiger charge is -2.15. The Kier molecular flexibility index (Phi) is 7.89. The first kappa shape index (κ1) is 23.5. The summed E-state index contributed by atoms with van der Waals surface area (Å²) in [5, 5.41) is 3.48. The van der Waals surface area contributed by atoms with E-state index in [4.69, 9.17) is 23.2 Å². The molecule has 0 spiro atoms. The van der Waals surface area contributed by atoms with Crippen molar-refractivity contribution < 1.29 is 13.2 Å². The van der Waals surface area contributed by atoms with E-state index in [9.17, 15) is 13.2 Å². The fraction of sp³-hybridized carbons (Fsp3) is 0.136. The lowest BCUT2D eigenvalue weighted by molar-refractivity contribution is -0.115. The third kappa shape index (κ3) is 6.40. The molecule has 0 radical (unpaired) electrons. The van der Waals surface area contributed by atoms with Gasteiger partial charge in [-0.15, -0.1) is 11.8 Å². The van der Waals surface area contributed by atoms with Gasteiger partial charge in [-0.2, -0.15) is 0 Å². The smallest absolute Gasteiger partial charge is 0.261 e. The zero-order valence-electron chi connectivity index (χ0n) is 16.5. The zero-order chi connectivity index (χ0) is 22.4. The Morgan fingerprint density at radius 1 is 0.968 bits per heavy atom. The maximum atomic E-state index is 12.7. The summed E-state index contributed by atoms with van der Waals surface area (Å²) in [6.45, 7) is 1.93. The Bertz CT molecular complexity index is 1150. The second-order valence-corrected chi connectivity index (χ2v) is 10.4. The summed E-state index contributed by atoms with van der Waals surface area (Å²) in [5.41, 5.74) is 0.809. The average molecular weight is 495 g/mol. The lowest BCUT2D eigenvalue weighted by Crippen LogP contribution is -2.24. The summed E-state index contributed by atoms with van der Waals surface area (Å²) in [7, 11) is -3.81. The van der Waals surface area contributed by atoms with Gasteiger partial charge in [-0.3, -0.25) is 9.52 Å². The normalized spacial score (nSPS) is 12.2. The summed E-state index contributed by atoms with van der Waals surface area (Å²) in [6, 6.07) is 19.9. The first-order chi connectivity index (χ1) is 14.8. The van der Waals surface area contributed by atoms with Crippen LogP contribution in [-0.2, 0) is 14.8 Å². The highest BCUT2D eigenvalue weighted by Gasteiger charge is 2.19. The second-order valence-electron chi connectivity index (χ2n) is 6.57. The summed E-state index contributed by atoms with van der Waals surface area (Å²) < 4.78 is 27.7. The Hall–Kier alpha value is -2.19. The zero-order valence-corrected chi connectivity index (χ0v) is 19.7. The van der Waals surface area contributed by atoms with Crippen molar-refractivity contribution in [2.24, 2.45) is 0 Å². The molecule has 31 heavy (non-hydrogen) atoms. The molecule has 1 atom stereocenters. The summed E-state index contributed by atoms with van der Waals surface area (Å²) >= 11 is 13.4. The number of halogens is 2. The number of hydrogen-bond acceptors (Lipinski definition) is 4.